The average Bonchev–Trinajstić information content (AvgIpc) is 2.28. The fourth-order valence-corrected chi connectivity index (χ4v) is 1.88. The standard InChI is InChI=1S/C13H14BrNO2/c1-3-7-15(8-4-2)12-9-10(14)5-6-11(12)13(16)17/h3-6,9H,1-2,7-8H2,(H,16,17). The summed E-state index contributed by atoms with van der Waals surface area (Å²) in [6.07, 6.45) is 3.46. The highest BCUT2D eigenvalue weighted by atomic mass is 79.9. The summed E-state index contributed by atoms with van der Waals surface area (Å²) in [5.74, 6) is -0.939. The quantitative estimate of drug-likeness (QED) is 0.819. The summed E-state index contributed by atoms with van der Waals surface area (Å²) in [7, 11) is 0. The molecule has 0 heterocycles. The Kier molecular flexibility index (Phi) is 4.97. The Morgan fingerprint density at radius 2 is 1.94 bits per heavy atom. The fraction of sp³-hybridized carbons (Fsp3) is 0.154. The van der Waals surface area contributed by atoms with Crippen LogP contribution in [0.15, 0.2) is 48.0 Å². The highest BCUT2D eigenvalue weighted by Crippen LogP contribution is 2.25. The molecule has 0 spiro atoms. The molecule has 0 unspecified atom stereocenters. The molecule has 0 saturated carbocycles. The Morgan fingerprint density at radius 3 is 2.41 bits per heavy atom. The second kappa shape index (κ2) is 6.25. The van der Waals surface area contributed by atoms with Crippen molar-refractivity contribution in [2.45, 2.75) is 0 Å². The lowest BCUT2D eigenvalue weighted by atomic mass is 10.1. The van der Waals surface area contributed by atoms with Crippen LogP contribution < -0.4 is 4.90 Å². The topological polar surface area (TPSA) is 40.5 Å². The molecule has 0 aliphatic rings. The lowest BCUT2D eigenvalue weighted by Crippen LogP contribution is -2.25. The van der Waals surface area contributed by atoms with Gasteiger partial charge in [-0.05, 0) is 18.2 Å². The van der Waals surface area contributed by atoms with Crippen molar-refractivity contribution in [2.75, 3.05) is 18.0 Å². The second-order valence-corrected chi connectivity index (χ2v) is 4.36. The minimum atomic E-state index is -0.939. The van der Waals surface area contributed by atoms with Gasteiger partial charge in [0, 0.05) is 17.6 Å². The minimum absolute atomic E-state index is 0.275. The number of carboxylic acids is 1. The number of rotatable bonds is 6. The van der Waals surface area contributed by atoms with Gasteiger partial charge in [-0.2, -0.15) is 0 Å². The molecule has 90 valence electrons. The van der Waals surface area contributed by atoms with Crippen LogP contribution in [0.25, 0.3) is 0 Å². The molecule has 1 aromatic carbocycles. The van der Waals surface area contributed by atoms with E-state index in [1.807, 2.05) is 4.90 Å². The van der Waals surface area contributed by atoms with E-state index in [1.165, 1.54) is 0 Å². The van der Waals surface area contributed by atoms with Crippen LogP contribution in [0.4, 0.5) is 5.69 Å². The van der Waals surface area contributed by atoms with E-state index in [1.54, 1.807) is 30.4 Å². The summed E-state index contributed by atoms with van der Waals surface area (Å²) in [5.41, 5.74) is 0.934. The molecule has 0 amide bonds. The number of nitrogens with zero attached hydrogens (tertiary/aromatic N) is 1. The molecule has 0 saturated heterocycles. The van der Waals surface area contributed by atoms with Gasteiger partial charge in [0.2, 0.25) is 0 Å². The van der Waals surface area contributed by atoms with Gasteiger partial charge in [-0.15, -0.1) is 13.2 Å². The molecule has 1 rings (SSSR count). The number of halogens is 1. The summed E-state index contributed by atoms with van der Waals surface area (Å²) in [6, 6.07) is 5.09. The molecule has 1 N–H and O–H groups in total. The number of anilines is 1. The van der Waals surface area contributed by atoms with E-state index in [0.29, 0.717) is 18.8 Å². The SMILES string of the molecule is C=CCN(CC=C)c1cc(Br)ccc1C(=O)O. The Labute approximate surface area is 109 Å². The fourth-order valence-electron chi connectivity index (χ4n) is 1.53. The van der Waals surface area contributed by atoms with Crippen LogP contribution in [0.2, 0.25) is 0 Å². The molecule has 3 nitrogen and oxygen atoms in total. The van der Waals surface area contributed by atoms with Gasteiger partial charge in [0.1, 0.15) is 0 Å². The van der Waals surface area contributed by atoms with E-state index in [0.717, 1.165) is 4.47 Å². The molecule has 1 aromatic rings. The zero-order valence-electron chi connectivity index (χ0n) is 9.40. The normalized spacial score (nSPS) is 9.71. The maximum Gasteiger partial charge on any atom is 0.337 e. The van der Waals surface area contributed by atoms with Crippen LogP contribution in [0.5, 0.6) is 0 Å². The highest BCUT2D eigenvalue weighted by Gasteiger charge is 2.14. The molecule has 0 radical (unpaired) electrons. The molecular formula is C13H14BrNO2. The predicted octanol–water partition coefficient (Wildman–Crippen LogP) is 3.33. The van der Waals surface area contributed by atoms with E-state index in [2.05, 4.69) is 29.1 Å². The number of carbonyl (C=O) groups is 1. The zero-order valence-corrected chi connectivity index (χ0v) is 11.0. The lowest BCUT2D eigenvalue weighted by molar-refractivity contribution is 0.0697. The molecule has 0 atom stereocenters. The lowest BCUT2D eigenvalue weighted by Gasteiger charge is -2.23. The average molecular weight is 296 g/mol. The third kappa shape index (κ3) is 3.46. The summed E-state index contributed by atoms with van der Waals surface area (Å²) < 4.78 is 0.843. The second-order valence-electron chi connectivity index (χ2n) is 3.45. The third-order valence-corrected chi connectivity index (χ3v) is 2.72. The van der Waals surface area contributed by atoms with Crippen LogP contribution in [0.1, 0.15) is 10.4 Å². The maximum absolute atomic E-state index is 11.2. The first-order chi connectivity index (χ1) is 8.10. The van der Waals surface area contributed by atoms with Crippen LogP contribution in [-0.2, 0) is 0 Å². The zero-order chi connectivity index (χ0) is 12.8. The van der Waals surface area contributed by atoms with Gasteiger partial charge in [-0.1, -0.05) is 28.1 Å². The predicted molar refractivity (Wildman–Crippen MR) is 73.7 cm³/mol. The van der Waals surface area contributed by atoms with Crippen molar-refractivity contribution in [2.24, 2.45) is 0 Å². The minimum Gasteiger partial charge on any atom is -0.478 e. The van der Waals surface area contributed by atoms with E-state index in [4.69, 9.17) is 5.11 Å². The van der Waals surface area contributed by atoms with E-state index < -0.39 is 5.97 Å². The largest absolute Gasteiger partial charge is 0.478 e. The first kappa shape index (κ1) is 13.5. The van der Waals surface area contributed by atoms with Gasteiger partial charge in [-0.25, -0.2) is 4.79 Å². The van der Waals surface area contributed by atoms with Gasteiger partial charge in [0.15, 0.2) is 0 Å². The molecule has 0 aliphatic carbocycles. The highest BCUT2D eigenvalue weighted by molar-refractivity contribution is 9.10. The number of carboxylic acid groups (broad SMARTS) is 1. The van der Waals surface area contributed by atoms with Gasteiger partial charge < -0.3 is 10.0 Å². The van der Waals surface area contributed by atoms with Crippen molar-refractivity contribution in [1.29, 1.82) is 0 Å². The molecule has 0 aliphatic heterocycles. The van der Waals surface area contributed by atoms with Gasteiger partial charge in [-0.3, -0.25) is 0 Å². The molecule has 4 heteroatoms. The van der Waals surface area contributed by atoms with Gasteiger partial charge in [0.05, 0.1) is 11.3 Å². The van der Waals surface area contributed by atoms with Crippen LogP contribution >= 0.6 is 15.9 Å². The van der Waals surface area contributed by atoms with Crippen molar-refractivity contribution in [1.82, 2.24) is 0 Å². The van der Waals surface area contributed by atoms with Crippen molar-refractivity contribution in [3.8, 4) is 0 Å². The number of benzene rings is 1. The van der Waals surface area contributed by atoms with Gasteiger partial charge in [0.25, 0.3) is 0 Å². The first-order valence-electron chi connectivity index (χ1n) is 5.09. The molecule has 0 bridgehead atoms. The Bertz CT molecular complexity index is 433. The first-order valence-corrected chi connectivity index (χ1v) is 5.89. The summed E-state index contributed by atoms with van der Waals surface area (Å²) in [4.78, 5) is 13.0. The third-order valence-electron chi connectivity index (χ3n) is 2.23. The molecular weight excluding hydrogens is 282 g/mol. The van der Waals surface area contributed by atoms with Crippen LogP contribution in [0.3, 0.4) is 0 Å². The maximum atomic E-state index is 11.2. The Hall–Kier alpha value is -1.55. The van der Waals surface area contributed by atoms with E-state index in [9.17, 15) is 4.79 Å². The Morgan fingerprint density at radius 1 is 1.35 bits per heavy atom. The summed E-state index contributed by atoms with van der Waals surface area (Å²) >= 11 is 3.34. The van der Waals surface area contributed by atoms with Gasteiger partial charge >= 0.3 is 5.97 Å². The molecule has 17 heavy (non-hydrogen) atoms. The van der Waals surface area contributed by atoms with Crippen LogP contribution in [0, 0.1) is 0 Å². The van der Waals surface area contributed by atoms with Crippen LogP contribution in [-0.4, -0.2) is 24.2 Å². The van der Waals surface area contributed by atoms with E-state index >= 15 is 0 Å². The van der Waals surface area contributed by atoms with Crippen molar-refractivity contribution in [3.63, 3.8) is 0 Å². The Balaban J connectivity index is 3.22. The molecule has 0 fully saturated rings. The monoisotopic (exact) mass is 295 g/mol. The van der Waals surface area contributed by atoms with Crippen molar-refractivity contribution in [3.05, 3.63) is 53.5 Å². The number of hydrogen-bond acceptors (Lipinski definition) is 2. The number of hydrogen-bond donors (Lipinski definition) is 1. The molecule has 0 aromatic heterocycles. The van der Waals surface area contributed by atoms with E-state index in [-0.39, 0.29) is 5.56 Å². The smallest absolute Gasteiger partial charge is 0.337 e. The number of aromatic carboxylic acids is 1. The summed E-state index contributed by atoms with van der Waals surface area (Å²) in [6.45, 7) is 8.48. The summed E-state index contributed by atoms with van der Waals surface area (Å²) in [5, 5.41) is 9.15. The van der Waals surface area contributed by atoms with Crippen molar-refractivity contribution < 1.29 is 9.90 Å². The van der Waals surface area contributed by atoms with Crippen molar-refractivity contribution >= 4 is 27.6 Å².